The maximum atomic E-state index is 12.6. The minimum Gasteiger partial charge on any atom is -0.395 e. The first kappa shape index (κ1) is 17.9. The third-order valence-electron chi connectivity index (χ3n) is 3.09. The summed E-state index contributed by atoms with van der Waals surface area (Å²) < 4.78 is 0. The van der Waals surface area contributed by atoms with Crippen molar-refractivity contribution in [2.75, 3.05) is 25.0 Å². The molecule has 2 N–H and O–H groups in total. The van der Waals surface area contributed by atoms with Crippen molar-refractivity contribution < 1.29 is 14.7 Å². The highest BCUT2D eigenvalue weighted by Crippen LogP contribution is 2.21. The Labute approximate surface area is 131 Å². The van der Waals surface area contributed by atoms with Crippen LogP contribution in [0.4, 0.5) is 5.69 Å². The number of benzene rings is 1. The summed E-state index contributed by atoms with van der Waals surface area (Å²) in [4.78, 5) is 26.2. The maximum absolute atomic E-state index is 12.6. The number of aliphatic hydroxyl groups is 1. The molecule has 22 heavy (non-hydrogen) atoms. The molecule has 1 aromatic carbocycles. The van der Waals surface area contributed by atoms with Gasteiger partial charge in [-0.25, -0.2) is 0 Å². The number of hydrogen-bond acceptors (Lipinski definition) is 3. The van der Waals surface area contributed by atoms with Gasteiger partial charge in [0.2, 0.25) is 5.91 Å². The molecule has 120 valence electrons. The smallest absolute Gasteiger partial charge is 0.256 e. The van der Waals surface area contributed by atoms with Crippen LogP contribution in [0.5, 0.6) is 0 Å². The monoisotopic (exact) mass is 304 g/mol. The van der Waals surface area contributed by atoms with E-state index in [4.69, 9.17) is 5.11 Å². The van der Waals surface area contributed by atoms with Crippen LogP contribution < -0.4 is 5.32 Å². The van der Waals surface area contributed by atoms with E-state index in [0.717, 1.165) is 0 Å². The predicted molar refractivity (Wildman–Crippen MR) is 87.7 cm³/mol. The third-order valence-corrected chi connectivity index (χ3v) is 3.09. The molecule has 0 radical (unpaired) electrons. The molecule has 0 fully saturated rings. The molecule has 0 saturated heterocycles. The van der Waals surface area contributed by atoms with Crippen LogP contribution in [0, 0.1) is 5.41 Å². The van der Waals surface area contributed by atoms with Crippen LogP contribution in [0.15, 0.2) is 36.9 Å². The van der Waals surface area contributed by atoms with Crippen LogP contribution >= 0.6 is 0 Å². The molecule has 0 bridgehead atoms. The number of carbonyl (C=O) groups excluding carboxylic acids is 2. The summed E-state index contributed by atoms with van der Waals surface area (Å²) in [5, 5.41) is 11.9. The Morgan fingerprint density at radius 3 is 2.50 bits per heavy atom. The second kappa shape index (κ2) is 7.75. The van der Waals surface area contributed by atoms with Crippen LogP contribution in [-0.2, 0) is 4.79 Å². The van der Waals surface area contributed by atoms with Gasteiger partial charge in [0.15, 0.2) is 0 Å². The lowest BCUT2D eigenvalue weighted by Crippen LogP contribution is -2.35. The number of nitrogens with zero attached hydrogens (tertiary/aromatic N) is 1. The number of rotatable bonds is 6. The molecular formula is C17H24N2O3. The van der Waals surface area contributed by atoms with E-state index in [2.05, 4.69) is 11.9 Å². The van der Waals surface area contributed by atoms with E-state index in [0.29, 0.717) is 17.8 Å². The predicted octanol–water partition coefficient (Wildman–Crippen LogP) is 2.29. The van der Waals surface area contributed by atoms with Gasteiger partial charge in [0.1, 0.15) is 0 Å². The Bertz CT molecular complexity index is 547. The Kier molecular flexibility index (Phi) is 6.31. The zero-order chi connectivity index (χ0) is 16.8. The third kappa shape index (κ3) is 4.70. The molecule has 0 atom stereocenters. The van der Waals surface area contributed by atoms with Gasteiger partial charge >= 0.3 is 0 Å². The normalized spacial score (nSPS) is 10.9. The van der Waals surface area contributed by atoms with Gasteiger partial charge in [0.05, 0.1) is 17.9 Å². The van der Waals surface area contributed by atoms with Crippen molar-refractivity contribution in [1.82, 2.24) is 4.90 Å². The zero-order valence-electron chi connectivity index (χ0n) is 13.4. The number of carbonyl (C=O) groups is 2. The lowest BCUT2D eigenvalue weighted by atomic mass is 9.95. The van der Waals surface area contributed by atoms with Gasteiger partial charge in [-0.15, -0.1) is 6.58 Å². The van der Waals surface area contributed by atoms with Crippen LogP contribution in [0.3, 0.4) is 0 Å². The second-order valence-electron chi connectivity index (χ2n) is 6.01. The summed E-state index contributed by atoms with van der Waals surface area (Å²) >= 11 is 0. The van der Waals surface area contributed by atoms with E-state index in [1.54, 1.807) is 30.3 Å². The highest BCUT2D eigenvalue weighted by Gasteiger charge is 2.24. The first-order valence-corrected chi connectivity index (χ1v) is 7.22. The fourth-order valence-electron chi connectivity index (χ4n) is 1.81. The molecule has 1 rings (SSSR count). The topological polar surface area (TPSA) is 69.6 Å². The summed E-state index contributed by atoms with van der Waals surface area (Å²) in [5.41, 5.74) is 0.317. The number of para-hydroxylation sites is 1. The van der Waals surface area contributed by atoms with Gasteiger partial charge in [-0.2, -0.15) is 0 Å². The highest BCUT2D eigenvalue weighted by molar-refractivity contribution is 6.04. The van der Waals surface area contributed by atoms with Gasteiger partial charge in [0.25, 0.3) is 5.91 Å². The standard InChI is InChI=1S/C17H24N2O3/c1-5-10-19(11-12-20)15(21)13-8-6-7-9-14(13)18-16(22)17(2,3)4/h5-9,20H,1,10-12H2,2-4H3,(H,18,22). The minimum atomic E-state index is -0.554. The van der Waals surface area contributed by atoms with Crippen LogP contribution in [0.2, 0.25) is 0 Å². The van der Waals surface area contributed by atoms with Crippen molar-refractivity contribution in [3.63, 3.8) is 0 Å². The fourth-order valence-corrected chi connectivity index (χ4v) is 1.81. The average Bonchev–Trinajstić information content (AvgIpc) is 2.46. The Balaban J connectivity index is 3.07. The Morgan fingerprint density at radius 1 is 1.32 bits per heavy atom. The van der Waals surface area contributed by atoms with Crippen molar-refractivity contribution in [1.29, 1.82) is 0 Å². The summed E-state index contributed by atoms with van der Waals surface area (Å²) in [6, 6.07) is 6.86. The van der Waals surface area contributed by atoms with Crippen molar-refractivity contribution >= 4 is 17.5 Å². The van der Waals surface area contributed by atoms with Crippen molar-refractivity contribution in [3.05, 3.63) is 42.5 Å². The average molecular weight is 304 g/mol. The van der Waals surface area contributed by atoms with E-state index < -0.39 is 5.41 Å². The summed E-state index contributed by atoms with van der Waals surface area (Å²) in [6.07, 6.45) is 1.60. The molecular weight excluding hydrogens is 280 g/mol. The molecule has 0 aliphatic carbocycles. The molecule has 1 aromatic rings. The van der Waals surface area contributed by atoms with Gasteiger partial charge in [-0.3, -0.25) is 9.59 Å². The molecule has 0 aliphatic heterocycles. The van der Waals surface area contributed by atoms with Crippen LogP contribution in [0.1, 0.15) is 31.1 Å². The lowest BCUT2D eigenvalue weighted by Gasteiger charge is -2.23. The summed E-state index contributed by atoms with van der Waals surface area (Å²) in [5.74, 6) is -0.413. The van der Waals surface area contributed by atoms with Gasteiger partial charge in [-0.1, -0.05) is 39.0 Å². The largest absolute Gasteiger partial charge is 0.395 e. The summed E-state index contributed by atoms with van der Waals surface area (Å²) in [7, 11) is 0. The van der Waals surface area contributed by atoms with E-state index >= 15 is 0 Å². The fraction of sp³-hybridized carbons (Fsp3) is 0.412. The second-order valence-corrected chi connectivity index (χ2v) is 6.01. The number of amides is 2. The number of hydrogen-bond donors (Lipinski definition) is 2. The van der Waals surface area contributed by atoms with Crippen LogP contribution in [0.25, 0.3) is 0 Å². The SMILES string of the molecule is C=CCN(CCO)C(=O)c1ccccc1NC(=O)C(C)(C)C. The first-order chi connectivity index (χ1) is 10.3. The van der Waals surface area contributed by atoms with Gasteiger partial charge in [-0.05, 0) is 12.1 Å². The number of anilines is 1. The maximum Gasteiger partial charge on any atom is 0.256 e. The van der Waals surface area contributed by atoms with Gasteiger partial charge < -0.3 is 15.3 Å². The molecule has 5 heteroatoms. The van der Waals surface area contributed by atoms with Crippen molar-refractivity contribution in [2.24, 2.45) is 5.41 Å². The molecule has 2 amide bonds. The lowest BCUT2D eigenvalue weighted by molar-refractivity contribution is -0.123. The molecule has 5 nitrogen and oxygen atoms in total. The Morgan fingerprint density at radius 2 is 1.95 bits per heavy atom. The zero-order valence-corrected chi connectivity index (χ0v) is 13.4. The molecule has 0 saturated carbocycles. The molecule has 0 spiro atoms. The van der Waals surface area contributed by atoms with Gasteiger partial charge in [0, 0.05) is 18.5 Å². The minimum absolute atomic E-state index is 0.129. The quantitative estimate of drug-likeness (QED) is 0.792. The van der Waals surface area contributed by atoms with Crippen molar-refractivity contribution in [3.8, 4) is 0 Å². The van der Waals surface area contributed by atoms with Crippen molar-refractivity contribution in [2.45, 2.75) is 20.8 Å². The Hall–Kier alpha value is -2.14. The molecule has 0 unspecified atom stereocenters. The number of nitrogens with one attached hydrogen (secondary N) is 1. The van der Waals surface area contributed by atoms with E-state index in [-0.39, 0.29) is 25.0 Å². The summed E-state index contributed by atoms with van der Waals surface area (Å²) in [6.45, 7) is 9.46. The van der Waals surface area contributed by atoms with E-state index in [1.807, 2.05) is 20.8 Å². The highest BCUT2D eigenvalue weighted by atomic mass is 16.3. The number of aliphatic hydroxyl groups excluding tert-OH is 1. The molecule has 0 aliphatic rings. The van der Waals surface area contributed by atoms with E-state index in [1.165, 1.54) is 4.90 Å². The molecule has 0 aromatic heterocycles. The van der Waals surface area contributed by atoms with E-state index in [9.17, 15) is 9.59 Å². The first-order valence-electron chi connectivity index (χ1n) is 7.22. The molecule has 0 heterocycles. The van der Waals surface area contributed by atoms with Crippen LogP contribution in [-0.4, -0.2) is 41.5 Å².